The standard InChI is InChI=1S/C19H16N2O3S3/c1-10-6-8-26-13(10)9-14-17(22)21-16(12-5-4-7-25-12)15(18(23)24-3)11(2)20-19(21)27-14/h4-9,16H,1-3H3/b14-9-. The molecule has 0 spiro atoms. The molecule has 3 aromatic heterocycles. The van der Waals surface area contributed by atoms with Gasteiger partial charge in [0.25, 0.3) is 5.56 Å². The van der Waals surface area contributed by atoms with Crippen molar-refractivity contribution < 1.29 is 9.53 Å². The summed E-state index contributed by atoms with van der Waals surface area (Å²) in [5.41, 5.74) is 1.98. The molecule has 0 aliphatic carbocycles. The highest BCUT2D eigenvalue weighted by molar-refractivity contribution is 7.11. The van der Waals surface area contributed by atoms with E-state index in [0.29, 0.717) is 20.6 Å². The van der Waals surface area contributed by atoms with E-state index in [1.54, 1.807) is 22.8 Å². The predicted octanol–water partition coefficient (Wildman–Crippen LogP) is 2.84. The van der Waals surface area contributed by atoms with Crippen LogP contribution in [0.5, 0.6) is 0 Å². The number of thiophene rings is 2. The molecule has 4 rings (SSSR count). The molecule has 5 nitrogen and oxygen atoms in total. The minimum absolute atomic E-state index is 0.140. The molecule has 0 aromatic carbocycles. The number of nitrogens with zero attached hydrogens (tertiary/aromatic N) is 2. The molecule has 0 amide bonds. The summed E-state index contributed by atoms with van der Waals surface area (Å²) in [6.07, 6.45) is 1.91. The Kier molecular flexibility index (Phi) is 4.71. The Hall–Kier alpha value is -2.29. The zero-order chi connectivity index (χ0) is 19.1. The molecule has 0 saturated carbocycles. The van der Waals surface area contributed by atoms with Crippen molar-refractivity contribution in [1.82, 2.24) is 4.57 Å². The number of carbonyl (C=O) groups is 1. The van der Waals surface area contributed by atoms with E-state index in [9.17, 15) is 9.59 Å². The number of hydrogen-bond donors (Lipinski definition) is 0. The number of rotatable bonds is 3. The maximum Gasteiger partial charge on any atom is 0.338 e. The Morgan fingerprint density at radius 1 is 1.26 bits per heavy atom. The average Bonchev–Trinajstić information content (AvgIpc) is 3.37. The maximum atomic E-state index is 13.2. The number of hydrogen-bond acceptors (Lipinski definition) is 7. The lowest BCUT2D eigenvalue weighted by Gasteiger charge is -2.22. The Morgan fingerprint density at radius 2 is 2.07 bits per heavy atom. The van der Waals surface area contributed by atoms with Crippen LogP contribution in [0.4, 0.5) is 0 Å². The number of fused-ring (bicyclic) bond motifs is 1. The largest absolute Gasteiger partial charge is 0.466 e. The molecule has 0 bridgehead atoms. The fourth-order valence-electron chi connectivity index (χ4n) is 3.06. The number of methoxy groups -OCH3 is 1. The van der Waals surface area contributed by atoms with E-state index in [2.05, 4.69) is 4.99 Å². The van der Waals surface area contributed by atoms with Gasteiger partial charge in [-0.1, -0.05) is 17.4 Å². The third-order valence-corrected chi connectivity index (χ3v) is 7.28. The molecule has 1 aliphatic heterocycles. The number of thiazole rings is 1. The molecular weight excluding hydrogens is 400 g/mol. The number of ether oxygens (including phenoxy) is 1. The predicted molar refractivity (Wildman–Crippen MR) is 109 cm³/mol. The van der Waals surface area contributed by atoms with Gasteiger partial charge in [-0.05, 0) is 48.4 Å². The first-order valence-electron chi connectivity index (χ1n) is 8.19. The van der Waals surface area contributed by atoms with Gasteiger partial charge in [0.1, 0.15) is 6.04 Å². The molecule has 4 heterocycles. The van der Waals surface area contributed by atoms with Crippen molar-refractivity contribution in [2.75, 3.05) is 7.11 Å². The smallest absolute Gasteiger partial charge is 0.338 e. The van der Waals surface area contributed by atoms with Gasteiger partial charge < -0.3 is 4.74 Å². The molecule has 27 heavy (non-hydrogen) atoms. The van der Waals surface area contributed by atoms with E-state index in [1.807, 2.05) is 42.0 Å². The molecule has 138 valence electrons. The third-order valence-electron chi connectivity index (χ3n) is 4.40. The second kappa shape index (κ2) is 7.03. The van der Waals surface area contributed by atoms with Crippen LogP contribution < -0.4 is 14.9 Å². The van der Waals surface area contributed by atoms with Gasteiger partial charge in [0.05, 0.1) is 22.9 Å². The van der Waals surface area contributed by atoms with Crippen LogP contribution >= 0.6 is 34.0 Å². The monoisotopic (exact) mass is 416 g/mol. The number of allylic oxidation sites excluding steroid dienone is 1. The summed E-state index contributed by atoms with van der Waals surface area (Å²) >= 11 is 4.45. The average molecular weight is 417 g/mol. The van der Waals surface area contributed by atoms with Crippen LogP contribution in [0.1, 0.15) is 28.3 Å². The Morgan fingerprint density at radius 3 is 2.70 bits per heavy atom. The van der Waals surface area contributed by atoms with E-state index in [0.717, 1.165) is 15.3 Å². The summed E-state index contributed by atoms with van der Waals surface area (Å²) in [6, 6.07) is 5.36. The van der Waals surface area contributed by atoms with Crippen molar-refractivity contribution in [3.8, 4) is 0 Å². The van der Waals surface area contributed by atoms with Gasteiger partial charge in [0, 0.05) is 9.75 Å². The van der Waals surface area contributed by atoms with Crippen LogP contribution in [-0.2, 0) is 9.53 Å². The van der Waals surface area contributed by atoms with Crippen molar-refractivity contribution in [1.29, 1.82) is 0 Å². The first-order chi connectivity index (χ1) is 13.0. The first kappa shape index (κ1) is 18.1. The maximum absolute atomic E-state index is 13.2. The van der Waals surface area contributed by atoms with Gasteiger partial charge >= 0.3 is 5.97 Å². The van der Waals surface area contributed by atoms with Gasteiger partial charge in [-0.2, -0.15) is 0 Å². The lowest BCUT2D eigenvalue weighted by molar-refractivity contribution is -0.136. The van der Waals surface area contributed by atoms with Crippen LogP contribution in [0.15, 0.2) is 50.0 Å². The van der Waals surface area contributed by atoms with E-state index >= 15 is 0 Å². The summed E-state index contributed by atoms with van der Waals surface area (Å²) in [4.78, 5) is 32.8. The van der Waals surface area contributed by atoms with Crippen LogP contribution in [0.3, 0.4) is 0 Å². The van der Waals surface area contributed by atoms with Crippen molar-refractivity contribution >= 4 is 46.1 Å². The van der Waals surface area contributed by atoms with Gasteiger partial charge in [0.15, 0.2) is 4.80 Å². The van der Waals surface area contributed by atoms with Gasteiger partial charge in [-0.3, -0.25) is 9.36 Å². The highest BCUT2D eigenvalue weighted by Gasteiger charge is 2.33. The SMILES string of the molecule is COC(=O)C1=C(C)N=c2s/c(=C\c3sccc3C)c(=O)n2C1c1cccs1. The molecule has 3 aromatic rings. The second-order valence-corrected chi connectivity index (χ2v) is 8.99. The summed E-state index contributed by atoms with van der Waals surface area (Å²) in [5.74, 6) is -0.460. The quantitative estimate of drug-likeness (QED) is 0.617. The molecule has 1 aliphatic rings. The first-order valence-corrected chi connectivity index (χ1v) is 10.8. The molecule has 1 unspecified atom stereocenters. The summed E-state index contributed by atoms with van der Waals surface area (Å²) in [6.45, 7) is 3.81. The lowest BCUT2D eigenvalue weighted by Crippen LogP contribution is -2.39. The molecule has 0 N–H and O–H groups in total. The van der Waals surface area contributed by atoms with Crippen molar-refractivity contribution in [2.24, 2.45) is 4.99 Å². The summed E-state index contributed by atoms with van der Waals surface area (Å²) in [5, 5.41) is 3.94. The second-order valence-electron chi connectivity index (χ2n) is 6.06. The summed E-state index contributed by atoms with van der Waals surface area (Å²) < 4.78 is 7.21. The van der Waals surface area contributed by atoms with Gasteiger partial charge in [-0.25, -0.2) is 9.79 Å². The van der Waals surface area contributed by atoms with E-state index < -0.39 is 12.0 Å². The van der Waals surface area contributed by atoms with Crippen LogP contribution in [0.2, 0.25) is 0 Å². The van der Waals surface area contributed by atoms with Crippen molar-refractivity contribution in [3.05, 3.63) is 75.2 Å². The molecule has 0 radical (unpaired) electrons. The van der Waals surface area contributed by atoms with Gasteiger partial charge in [0.2, 0.25) is 0 Å². The number of esters is 1. The molecule has 0 saturated heterocycles. The topological polar surface area (TPSA) is 60.7 Å². The number of aryl methyl sites for hydroxylation is 1. The Bertz CT molecular complexity index is 1230. The highest BCUT2D eigenvalue weighted by Crippen LogP contribution is 2.32. The van der Waals surface area contributed by atoms with Crippen molar-refractivity contribution in [2.45, 2.75) is 19.9 Å². The number of carbonyl (C=O) groups excluding carboxylic acids is 1. The van der Waals surface area contributed by atoms with Crippen LogP contribution in [0, 0.1) is 6.92 Å². The molecule has 1 atom stereocenters. The minimum Gasteiger partial charge on any atom is -0.466 e. The molecule has 0 fully saturated rings. The fourth-order valence-corrected chi connectivity index (χ4v) is 5.85. The van der Waals surface area contributed by atoms with E-state index in [-0.39, 0.29) is 5.56 Å². The van der Waals surface area contributed by atoms with E-state index in [4.69, 9.17) is 4.74 Å². The lowest BCUT2D eigenvalue weighted by atomic mass is 10.0. The summed E-state index contributed by atoms with van der Waals surface area (Å²) in [7, 11) is 1.35. The zero-order valence-corrected chi connectivity index (χ0v) is 17.3. The van der Waals surface area contributed by atoms with Crippen LogP contribution in [-0.4, -0.2) is 17.6 Å². The van der Waals surface area contributed by atoms with E-state index in [1.165, 1.54) is 29.8 Å². The highest BCUT2D eigenvalue weighted by atomic mass is 32.1. The minimum atomic E-state index is -0.514. The third kappa shape index (κ3) is 3.03. The Labute approximate surface area is 167 Å². The fraction of sp³-hybridized carbons (Fsp3) is 0.211. The Balaban J connectivity index is 2.00. The van der Waals surface area contributed by atoms with Crippen LogP contribution in [0.25, 0.3) is 6.08 Å². The molecular formula is C19H16N2O3S3. The number of aromatic nitrogens is 1. The zero-order valence-electron chi connectivity index (χ0n) is 14.9. The van der Waals surface area contributed by atoms with Crippen molar-refractivity contribution in [3.63, 3.8) is 0 Å². The molecule has 8 heteroatoms. The normalized spacial score (nSPS) is 17.0. The van der Waals surface area contributed by atoms with Gasteiger partial charge in [-0.15, -0.1) is 22.7 Å².